The third kappa shape index (κ3) is 2.95. The third-order valence-corrected chi connectivity index (χ3v) is 5.34. The fraction of sp³-hybridized carbons (Fsp3) is 0.467. The molecule has 2 aromatic rings. The molecule has 0 spiro atoms. The molecule has 0 radical (unpaired) electrons. The van der Waals surface area contributed by atoms with Crippen LogP contribution in [0.5, 0.6) is 0 Å². The summed E-state index contributed by atoms with van der Waals surface area (Å²) >= 11 is 0. The second-order valence-corrected chi connectivity index (χ2v) is 8.58. The Morgan fingerprint density at radius 2 is 2.04 bits per heavy atom. The molecule has 1 aliphatic rings. The molecule has 7 nitrogen and oxygen atoms in total. The predicted molar refractivity (Wildman–Crippen MR) is 88.1 cm³/mol. The van der Waals surface area contributed by atoms with Crippen LogP contribution in [0.3, 0.4) is 0 Å². The lowest BCUT2D eigenvalue weighted by Gasteiger charge is -2.13. The molecule has 2 heterocycles. The van der Waals surface area contributed by atoms with Gasteiger partial charge in [0.25, 0.3) is 0 Å². The van der Waals surface area contributed by atoms with Gasteiger partial charge in [0, 0.05) is 32.0 Å². The largest absolute Gasteiger partial charge is 0.389 e. The van der Waals surface area contributed by atoms with Crippen LogP contribution in [0.1, 0.15) is 26.0 Å². The number of nitrogens with zero attached hydrogens (tertiary/aromatic N) is 3. The minimum absolute atomic E-state index is 0.0152. The Balaban J connectivity index is 1.97. The molecule has 24 heavy (non-hydrogen) atoms. The molecule has 1 aromatic heterocycles. The highest BCUT2D eigenvalue weighted by atomic mass is 32.2. The van der Waals surface area contributed by atoms with Crippen molar-refractivity contribution in [3.8, 4) is 0 Å². The van der Waals surface area contributed by atoms with Crippen LogP contribution in [0.15, 0.2) is 21.8 Å². The summed E-state index contributed by atoms with van der Waals surface area (Å²) in [6.45, 7) is 3.52. The second kappa shape index (κ2) is 5.44. The molecule has 1 aromatic carbocycles. The van der Waals surface area contributed by atoms with Crippen molar-refractivity contribution in [1.29, 1.82) is 0 Å². The van der Waals surface area contributed by atoms with Crippen molar-refractivity contribution in [3.63, 3.8) is 0 Å². The van der Waals surface area contributed by atoms with E-state index in [-0.39, 0.29) is 28.5 Å². The smallest absolute Gasteiger partial charge is 0.200 e. The average molecular weight is 355 g/mol. The Labute approximate surface area is 139 Å². The number of anilines is 1. The highest BCUT2D eigenvalue weighted by Gasteiger charge is 2.36. The van der Waals surface area contributed by atoms with Gasteiger partial charge in [-0.05, 0) is 19.9 Å². The standard InChI is InChI=1S/C15H18FN3O4S/c1-15(2)7-14(18-23-15)24(20,21)8-11-9-5-12(19(3)4)10(16)6-13(9)22-17-11/h5-6H,7-8H2,1-4H3. The number of hydrogen-bond donors (Lipinski definition) is 0. The molecule has 3 rings (SSSR count). The van der Waals surface area contributed by atoms with Crippen LogP contribution in [0.2, 0.25) is 0 Å². The molecule has 0 N–H and O–H groups in total. The molecule has 0 atom stereocenters. The lowest BCUT2D eigenvalue weighted by atomic mass is 10.1. The number of sulfone groups is 1. The molecule has 9 heteroatoms. The highest BCUT2D eigenvalue weighted by Crippen LogP contribution is 2.30. The molecule has 0 aliphatic carbocycles. The van der Waals surface area contributed by atoms with E-state index in [1.807, 2.05) is 0 Å². The first-order valence-corrected chi connectivity index (χ1v) is 8.97. The van der Waals surface area contributed by atoms with Crippen LogP contribution < -0.4 is 4.90 Å². The normalized spacial score (nSPS) is 17.0. The summed E-state index contributed by atoms with van der Waals surface area (Å²) in [5.41, 5.74) is 0.107. The van der Waals surface area contributed by atoms with Gasteiger partial charge in [-0.3, -0.25) is 0 Å². The van der Waals surface area contributed by atoms with E-state index in [4.69, 9.17) is 9.36 Å². The summed E-state index contributed by atoms with van der Waals surface area (Å²) in [5.74, 6) is -0.843. The van der Waals surface area contributed by atoms with Gasteiger partial charge in [-0.15, -0.1) is 0 Å². The Hall–Kier alpha value is -2.16. The quantitative estimate of drug-likeness (QED) is 0.841. The predicted octanol–water partition coefficient (Wildman–Crippen LogP) is 2.46. The van der Waals surface area contributed by atoms with Crippen LogP contribution in [0.4, 0.5) is 10.1 Å². The van der Waals surface area contributed by atoms with Crippen LogP contribution in [-0.4, -0.2) is 38.3 Å². The molecule has 0 saturated carbocycles. The fourth-order valence-electron chi connectivity index (χ4n) is 2.48. The van der Waals surface area contributed by atoms with Crippen LogP contribution in [0, 0.1) is 5.82 Å². The summed E-state index contributed by atoms with van der Waals surface area (Å²) in [4.78, 5) is 6.72. The first kappa shape index (κ1) is 16.7. The molecule has 0 saturated heterocycles. The van der Waals surface area contributed by atoms with Gasteiger partial charge in [-0.25, -0.2) is 12.8 Å². The van der Waals surface area contributed by atoms with Gasteiger partial charge < -0.3 is 14.3 Å². The van der Waals surface area contributed by atoms with E-state index in [0.717, 1.165) is 0 Å². The van der Waals surface area contributed by atoms with E-state index in [9.17, 15) is 12.8 Å². The van der Waals surface area contributed by atoms with Gasteiger partial charge in [0.15, 0.2) is 10.6 Å². The molecular formula is C15H18FN3O4S. The van der Waals surface area contributed by atoms with E-state index >= 15 is 0 Å². The highest BCUT2D eigenvalue weighted by molar-refractivity contribution is 8.05. The van der Waals surface area contributed by atoms with E-state index in [2.05, 4.69) is 10.3 Å². The number of hydrogen-bond acceptors (Lipinski definition) is 7. The molecule has 1 aliphatic heterocycles. The average Bonchev–Trinajstić information content (AvgIpc) is 3.01. The zero-order valence-corrected chi connectivity index (χ0v) is 14.6. The van der Waals surface area contributed by atoms with Gasteiger partial charge in [-0.1, -0.05) is 10.3 Å². The lowest BCUT2D eigenvalue weighted by Crippen LogP contribution is -2.23. The molecule has 0 bridgehead atoms. The van der Waals surface area contributed by atoms with Crippen molar-refractivity contribution in [3.05, 3.63) is 23.6 Å². The van der Waals surface area contributed by atoms with Gasteiger partial charge in [0.2, 0.25) is 9.84 Å². The summed E-state index contributed by atoms with van der Waals surface area (Å²) in [7, 11) is -0.303. The van der Waals surface area contributed by atoms with E-state index in [1.165, 1.54) is 12.1 Å². The van der Waals surface area contributed by atoms with Crippen LogP contribution >= 0.6 is 0 Å². The molecule has 130 valence electrons. The minimum atomic E-state index is -3.69. The number of fused-ring (bicyclic) bond motifs is 1. The Morgan fingerprint density at radius 1 is 1.33 bits per heavy atom. The monoisotopic (exact) mass is 355 g/mol. The SMILES string of the molecule is CN(C)c1cc2c(CS(=O)(=O)C3=NOC(C)(C)C3)noc2cc1F. The fourth-order valence-corrected chi connectivity index (χ4v) is 3.93. The van der Waals surface area contributed by atoms with Gasteiger partial charge in [0.05, 0.1) is 5.69 Å². The third-order valence-electron chi connectivity index (χ3n) is 3.75. The first-order chi connectivity index (χ1) is 11.1. The maximum Gasteiger partial charge on any atom is 0.200 e. The minimum Gasteiger partial charge on any atom is -0.389 e. The maximum atomic E-state index is 14.0. The first-order valence-electron chi connectivity index (χ1n) is 7.32. The zero-order valence-electron chi connectivity index (χ0n) is 13.8. The molecule has 0 amide bonds. The maximum absolute atomic E-state index is 14.0. The van der Waals surface area contributed by atoms with Gasteiger partial charge in [-0.2, -0.15) is 0 Å². The summed E-state index contributed by atoms with van der Waals surface area (Å²) in [6.07, 6.45) is 0.197. The van der Waals surface area contributed by atoms with E-state index in [1.54, 1.807) is 32.8 Å². The van der Waals surface area contributed by atoms with Gasteiger partial charge in [0.1, 0.15) is 22.9 Å². The zero-order chi connectivity index (χ0) is 17.7. The second-order valence-electron chi connectivity index (χ2n) is 6.60. The number of aromatic nitrogens is 1. The molecule has 0 unspecified atom stereocenters. The van der Waals surface area contributed by atoms with Crippen molar-refractivity contribution >= 4 is 31.5 Å². The van der Waals surface area contributed by atoms with Gasteiger partial charge >= 0.3 is 0 Å². The Kier molecular flexibility index (Phi) is 3.78. The van der Waals surface area contributed by atoms with Crippen molar-refractivity contribution in [2.45, 2.75) is 31.6 Å². The van der Waals surface area contributed by atoms with E-state index in [0.29, 0.717) is 11.1 Å². The van der Waals surface area contributed by atoms with Crippen LogP contribution in [0.25, 0.3) is 11.0 Å². The van der Waals surface area contributed by atoms with Crippen molar-refractivity contribution < 1.29 is 22.2 Å². The Bertz CT molecular complexity index is 932. The summed E-state index contributed by atoms with van der Waals surface area (Å²) in [6, 6.07) is 2.73. The summed E-state index contributed by atoms with van der Waals surface area (Å²) in [5, 5.41) is 7.92. The van der Waals surface area contributed by atoms with Crippen LogP contribution in [-0.2, 0) is 20.4 Å². The van der Waals surface area contributed by atoms with Crippen molar-refractivity contribution in [2.24, 2.45) is 5.16 Å². The van der Waals surface area contributed by atoms with Crippen molar-refractivity contribution in [1.82, 2.24) is 5.16 Å². The number of oxime groups is 1. The van der Waals surface area contributed by atoms with Crippen molar-refractivity contribution in [2.75, 3.05) is 19.0 Å². The lowest BCUT2D eigenvalue weighted by molar-refractivity contribution is 0.0123. The number of rotatable bonds is 3. The number of halogens is 1. The topological polar surface area (TPSA) is 85.0 Å². The Morgan fingerprint density at radius 3 is 2.62 bits per heavy atom. The molecule has 0 fully saturated rings. The van der Waals surface area contributed by atoms with E-state index < -0.39 is 21.3 Å². The summed E-state index contributed by atoms with van der Waals surface area (Å²) < 4.78 is 44.1. The number of benzene rings is 1. The molecular weight excluding hydrogens is 337 g/mol.